The molecule has 0 radical (unpaired) electrons. The van der Waals surface area contributed by atoms with E-state index in [0.29, 0.717) is 29.0 Å². The zero-order valence-corrected chi connectivity index (χ0v) is 20.5. The molecule has 0 saturated heterocycles. The second-order valence-corrected chi connectivity index (χ2v) is 9.36. The number of furan rings is 1. The van der Waals surface area contributed by atoms with Crippen LogP contribution in [0.4, 0.5) is 5.69 Å². The fourth-order valence-corrected chi connectivity index (χ4v) is 4.41. The predicted octanol–water partition coefficient (Wildman–Crippen LogP) is 4.68. The van der Waals surface area contributed by atoms with Gasteiger partial charge in [-0.3, -0.25) is 9.59 Å². The summed E-state index contributed by atoms with van der Waals surface area (Å²) in [6, 6.07) is 13.6. The van der Waals surface area contributed by atoms with Gasteiger partial charge in [0.25, 0.3) is 5.91 Å². The number of aliphatic hydroxyl groups is 1. The zero-order valence-electron chi connectivity index (χ0n) is 19.7. The second-order valence-electron chi connectivity index (χ2n) is 8.93. The molecular weight excluding hydrogens is 454 g/mol. The van der Waals surface area contributed by atoms with Gasteiger partial charge in [-0.2, -0.15) is 0 Å². The van der Waals surface area contributed by atoms with Gasteiger partial charge >= 0.3 is 0 Å². The van der Waals surface area contributed by atoms with E-state index in [-0.39, 0.29) is 11.3 Å². The third kappa shape index (κ3) is 4.54. The summed E-state index contributed by atoms with van der Waals surface area (Å²) in [5, 5.41) is 12.0. The number of anilines is 1. The van der Waals surface area contributed by atoms with Crippen LogP contribution < -0.4 is 4.90 Å². The lowest BCUT2D eigenvalue weighted by Gasteiger charge is -2.27. The number of nitrogens with zero attached hydrogens (tertiary/aromatic N) is 3. The number of hydrogen-bond donors (Lipinski definition) is 1. The molecule has 0 fully saturated rings. The van der Waals surface area contributed by atoms with Crippen molar-refractivity contribution in [3.8, 4) is 0 Å². The van der Waals surface area contributed by atoms with Gasteiger partial charge in [0.1, 0.15) is 5.58 Å². The summed E-state index contributed by atoms with van der Waals surface area (Å²) in [6.07, 6.45) is 0.697. The molecular formula is C26H28ClN3O4. The van der Waals surface area contributed by atoms with Gasteiger partial charge in [-0.25, -0.2) is 0 Å². The third-order valence-electron chi connectivity index (χ3n) is 5.98. The number of halogens is 1. The summed E-state index contributed by atoms with van der Waals surface area (Å²) in [7, 11) is 7.80. The van der Waals surface area contributed by atoms with Crippen LogP contribution in [0.3, 0.4) is 0 Å². The lowest BCUT2D eigenvalue weighted by Crippen LogP contribution is -2.33. The smallest absolute Gasteiger partial charge is 0.290 e. The molecule has 1 unspecified atom stereocenters. The van der Waals surface area contributed by atoms with E-state index in [1.54, 1.807) is 29.2 Å². The van der Waals surface area contributed by atoms with E-state index in [0.717, 1.165) is 17.8 Å². The molecule has 1 aliphatic heterocycles. The Balaban J connectivity index is 1.75. The number of hydrogen-bond acceptors (Lipinski definition) is 6. The predicted molar refractivity (Wildman–Crippen MR) is 134 cm³/mol. The highest BCUT2D eigenvalue weighted by Gasteiger charge is 2.44. The van der Waals surface area contributed by atoms with Crippen LogP contribution in [0.15, 0.2) is 64.3 Å². The van der Waals surface area contributed by atoms with Crippen LogP contribution in [-0.4, -0.2) is 67.9 Å². The van der Waals surface area contributed by atoms with E-state index < -0.39 is 23.5 Å². The molecule has 0 bridgehead atoms. The average molecular weight is 482 g/mol. The van der Waals surface area contributed by atoms with Crippen molar-refractivity contribution in [2.75, 3.05) is 46.2 Å². The Morgan fingerprint density at radius 1 is 1.09 bits per heavy atom. The maximum Gasteiger partial charge on any atom is 0.290 e. The first-order chi connectivity index (χ1) is 16.2. The molecule has 3 aromatic rings. The molecule has 178 valence electrons. The van der Waals surface area contributed by atoms with E-state index in [1.807, 2.05) is 62.3 Å². The van der Waals surface area contributed by atoms with Gasteiger partial charge in [-0.05, 0) is 69.0 Å². The molecule has 1 aromatic heterocycles. The normalized spacial score (nSPS) is 16.2. The van der Waals surface area contributed by atoms with Crippen molar-refractivity contribution in [1.82, 2.24) is 9.80 Å². The molecule has 8 heteroatoms. The molecule has 0 spiro atoms. The van der Waals surface area contributed by atoms with Crippen LogP contribution >= 0.6 is 11.6 Å². The van der Waals surface area contributed by atoms with Crippen LogP contribution in [0, 0.1) is 0 Å². The van der Waals surface area contributed by atoms with Crippen LogP contribution in [0.2, 0.25) is 5.02 Å². The van der Waals surface area contributed by atoms with Crippen molar-refractivity contribution in [1.29, 1.82) is 0 Å². The summed E-state index contributed by atoms with van der Waals surface area (Å²) in [4.78, 5) is 32.3. The highest BCUT2D eigenvalue weighted by molar-refractivity contribution is 6.31. The van der Waals surface area contributed by atoms with E-state index in [1.165, 1.54) is 0 Å². The van der Waals surface area contributed by atoms with Crippen LogP contribution in [0.5, 0.6) is 0 Å². The highest BCUT2D eigenvalue weighted by atomic mass is 35.5. The minimum Gasteiger partial charge on any atom is -0.503 e. The minimum absolute atomic E-state index is 0.0256. The number of rotatable bonds is 8. The molecule has 2 aromatic carbocycles. The zero-order chi connectivity index (χ0) is 24.6. The quantitative estimate of drug-likeness (QED) is 0.471. The van der Waals surface area contributed by atoms with Gasteiger partial charge in [-0.15, -0.1) is 0 Å². The Morgan fingerprint density at radius 2 is 1.79 bits per heavy atom. The number of carbonyl (C=O) groups excluding carboxylic acids is 2. The minimum atomic E-state index is -0.713. The third-order valence-corrected chi connectivity index (χ3v) is 6.22. The second kappa shape index (κ2) is 9.52. The summed E-state index contributed by atoms with van der Waals surface area (Å²) in [5.41, 5.74) is 2.27. The Labute approximate surface area is 203 Å². The number of benzene rings is 2. The molecule has 1 aliphatic rings. The van der Waals surface area contributed by atoms with Crippen molar-refractivity contribution in [2.24, 2.45) is 0 Å². The molecule has 1 N–H and O–H groups in total. The first kappa shape index (κ1) is 23.9. The van der Waals surface area contributed by atoms with Crippen LogP contribution in [-0.2, 0) is 4.79 Å². The summed E-state index contributed by atoms with van der Waals surface area (Å²) in [5.74, 6) is -1.55. The monoisotopic (exact) mass is 481 g/mol. The van der Waals surface area contributed by atoms with Crippen LogP contribution in [0.25, 0.3) is 11.0 Å². The maximum atomic E-state index is 13.6. The lowest BCUT2D eigenvalue weighted by atomic mass is 9.94. The first-order valence-corrected chi connectivity index (χ1v) is 11.4. The van der Waals surface area contributed by atoms with E-state index in [9.17, 15) is 14.7 Å². The lowest BCUT2D eigenvalue weighted by molar-refractivity contribution is -0.129. The highest BCUT2D eigenvalue weighted by Crippen LogP contribution is 2.40. The molecule has 4 rings (SSSR count). The standard InChI is InChI=1S/C26H28ClN3O4/c1-28(2)12-5-13-30-23(16-6-9-19(10-7-16)29(3)4)22(25(32)26(30)33)24(31)21-15-17-14-18(27)8-11-20(17)34-21/h6-11,14-15,23,32H,5,12-13H2,1-4H3. The van der Waals surface area contributed by atoms with Gasteiger partial charge in [0.15, 0.2) is 11.5 Å². The topological polar surface area (TPSA) is 77.2 Å². The Kier molecular flexibility index (Phi) is 6.68. The van der Waals surface area contributed by atoms with Gasteiger partial charge in [0.2, 0.25) is 5.78 Å². The van der Waals surface area contributed by atoms with Gasteiger partial charge in [0.05, 0.1) is 11.6 Å². The Morgan fingerprint density at radius 3 is 2.44 bits per heavy atom. The number of carbonyl (C=O) groups is 2. The molecule has 7 nitrogen and oxygen atoms in total. The van der Waals surface area contributed by atoms with E-state index in [4.69, 9.17) is 16.0 Å². The largest absolute Gasteiger partial charge is 0.503 e. The molecule has 1 amide bonds. The fraction of sp³-hybridized carbons (Fsp3) is 0.308. The Bertz CT molecular complexity index is 1260. The number of ketones is 1. The SMILES string of the molecule is CN(C)CCCN1C(=O)C(O)=C(C(=O)c2cc3cc(Cl)ccc3o2)C1c1ccc(N(C)C)cc1. The molecule has 2 heterocycles. The van der Waals surface area contributed by atoms with Gasteiger partial charge < -0.3 is 24.2 Å². The van der Waals surface area contributed by atoms with Crippen molar-refractivity contribution in [3.63, 3.8) is 0 Å². The number of aliphatic hydroxyl groups excluding tert-OH is 1. The van der Waals surface area contributed by atoms with Crippen molar-refractivity contribution in [2.45, 2.75) is 12.5 Å². The molecule has 0 aliphatic carbocycles. The fourth-order valence-electron chi connectivity index (χ4n) is 4.23. The van der Waals surface area contributed by atoms with E-state index >= 15 is 0 Å². The molecule has 1 atom stereocenters. The maximum absolute atomic E-state index is 13.6. The average Bonchev–Trinajstić information content (AvgIpc) is 3.32. The summed E-state index contributed by atoms with van der Waals surface area (Å²) >= 11 is 6.07. The van der Waals surface area contributed by atoms with Crippen molar-refractivity contribution < 1.29 is 19.1 Å². The van der Waals surface area contributed by atoms with Gasteiger partial charge in [-0.1, -0.05) is 23.7 Å². The van der Waals surface area contributed by atoms with Crippen molar-refractivity contribution in [3.05, 3.63) is 76.2 Å². The van der Waals surface area contributed by atoms with Gasteiger partial charge in [0, 0.05) is 36.7 Å². The first-order valence-electron chi connectivity index (χ1n) is 11.1. The van der Waals surface area contributed by atoms with E-state index in [2.05, 4.69) is 0 Å². The van der Waals surface area contributed by atoms with Crippen LogP contribution in [0.1, 0.15) is 28.6 Å². The molecule has 34 heavy (non-hydrogen) atoms. The number of Topliss-reactive ketones (excluding diaryl/α,β-unsaturated/α-hetero) is 1. The number of amides is 1. The number of fused-ring (bicyclic) bond motifs is 1. The van der Waals surface area contributed by atoms with Crippen molar-refractivity contribution >= 4 is 39.9 Å². The summed E-state index contributed by atoms with van der Waals surface area (Å²) in [6.45, 7) is 1.16. The summed E-state index contributed by atoms with van der Waals surface area (Å²) < 4.78 is 5.77. The Hall–Kier alpha value is -3.29. The molecule has 0 saturated carbocycles.